The first kappa shape index (κ1) is 28.5. The largest absolute Gasteiger partial charge is 0.573 e. The minimum absolute atomic E-state index is 0.0330. The van der Waals surface area contributed by atoms with Gasteiger partial charge in [0.2, 0.25) is 5.91 Å². The van der Waals surface area contributed by atoms with Crippen LogP contribution < -0.4 is 15.5 Å². The van der Waals surface area contributed by atoms with Crippen molar-refractivity contribution < 1.29 is 40.7 Å². The van der Waals surface area contributed by atoms with Crippen LogP contribution in [0.15, 0.2) is 53.6 Å². The minimum atomic E-state index is -4.87. The summed E-state index contributed by atoms with van der Waals surface area (Å²) in [5.74, 6) is -0.721. The van der Waals surface area contributed by atoms with Crippen LogP contribution in [0.1, 0.15) is 37.8 Å². The van der Waals surface area contributed by atoms with E-state index in [1.165, 1.54) is 12.1 Å². The van der Waals surface area contributed by atoms with Crippen molar-refractivity contribution in [1.82, 2.24) is 10.3 Å². The van der Waals surface area contributed by atoms with E-state index in [9.17, 15) is 35.9 Å². The predicted octanol–water partition coefficient (Wildman–Crippen LogP) is 5.78. The number of hydrogen-bond acceptors (Lipinski definition) is 4. The molecule has 7 nitrogen and oxygen atoms in total. The van der Waals surface area contributed by atoms with Crippen LogP contribution in [0.3, 0.4) is 0 Å². The summed E-state index contributed by atoms with van der Waals surface area (Å²) in [6.45, 7) is 4.49. The molecule has 0 aliphatic heterocycles. The second kappa shape index (κ2) is 12.3. The van der Waals surface area contributed by atoms with E-state index in [4.69, 9.17) is 0 Å². The molecule has 0 aliphatic carbocycles. The molecule has 0 fully saturated rings. The molecule has 36 heavy (non-hydrogen) atoms. The van der Waals surface area contributed by atoms with Crippen molar-refractivity contribution in [2.75, 3.05) is 18.4 Å². The van der Waals surface area contributed by atoms with Gasteiger partial charge in [-0.1, -0.05) is 12.1 Å². The van der Waals surface area contributed by atoms with Gasteiger partial charge < -0.3 is 15.0 Å². The second-order valence-corrected chi connectivity index (χ2v) is 7.34. The fraction of sp³-hybridized carbons (Fsp3) is 0.348. The van der Waals surface area contributed by atoms with Crippen LogP contribution >= 0.6 is 0 Å². The van der Waals surface area contributed by atoms with Crippen LogP contribution in [0, 0.1) is 0 Å². The number of hydrogen-bond donors (Lipinski definition) is 2. The third-order valence-corrected chi connectivity index (χ3v) is 4.85. The molecular formula is C23H24F6N4O3. The SMILES string of the molecule is CCN(CC)C(=O)CCC(=NNC(=O)Nc1ccc(OC(F)(F)F)cc1)c1cccc(C(F)(F)F)c1. The average molecular weight is 518 g/mol. The zero-order valence-corrected chi connectivity index (χ0v) is 19.3. The third-order valence-electron chi connectivity index (χ3n) is 4.85. The maximum absolute atomic E-state index is 13.2. The molecule has 0 radical (unpaired) electrons. The lowest BCUT2D eigenvalue weighted by Crippen LogP contribution is -2.31. The number of carbonyl (C=O) groups excluding carboxylic acids is 2. The Balaban J connectivity index is 2.18. The zero-order chi connectivity index (χ0) is 26.9. The molecular weight excluding hydrogens is 494 g/mol. The van der Waals surface area contributed by atoms with Crippen LogP contribution in [-0.4, -0.2) is 42.0 Å². The number of nitrogens with zero attached hydrogens (tertiary/aromatic N) is 2. The molecule has 0 aliphatic rings. The summed E-state index contributed by atoms with van der Waals surface area (Å²) >= 11 is 0. The molecule has 2 rings (SSSR count). The molecule has 2 aromatic carbocycles. The fourth-order valence-corrected chi connectivity index (χ4v) is 3.12. The number of halogens is 6. The van der Waals surface area contributed by atoms with Gasteiger partial charge in [0.15, 0.2) is 0 Å². The Hall–Kier alpha value is -3.77. The molecule has 0 unspecified atom stereocenters. The Morgan fingerprint density at radius 1 is 0.944 bits per heavy atom. The summed E-state index contributed by atoms with van der Waals surface area (Å²) in [4.78, 5) is 26.2. The maximum atomic E-state index is 13.2. The highest BCUT2D eigenvalue weighted by molar-refractivity contribution is 6.03. The lowest BCUT2D eigenvalue weighted by molar-refractivity contribution is -0.274. The number of benzene rings is 2. The average Bonchev–Trinajstić information content (AvgIpc) is 2.80. The monoisotopic (exact) mass is 518 g/mol. The van der Waals surface area contributed by atoms with E-state index in [1.54, 1.807) is 18.7 Å². The van der Waals surface area contributed by atoms with E-state index in [-0.39, 0.29) is 35.7 Å². The number of hydrazone groups is 1. The number of anilines is 1. The standard InChI is InChI=1S/C23H24F6N4O3/c1-3-33(4-2)20(34)13-12-19(15-6-5-7-16(14-15)22(24,25)26)31-32-21(35)30-17-8-10-18(11-9-17)36-23(27,28)29/h5-11,14H,3-4,12-13H2,1-2H3,(H2,30,32,35). The Morgan fingerprint density at radius 2 is 1.58 bits per heavy atom. The molecule has 0 heterocycles. The molecule has 0 spiro atoms. The number of nitrogens with one attached hydrogen (secondary N) is 2. The quantitative estimate of drug-likeness (QED) is 0.251. The number of ether oxygens (including phenoxy) is 1. The summed E-state index contributed by atoms with van der Waals surface area (Å²) in [5.41, 5.74) is 1.42. The summed E-state index contributed by atoms with van der Waals surface area (Å²) in [5, 5.41) is 6.23. The minimum Gasteiger partial charge on any atom is -0.406 e. The highest BCUT2D eigenvalue weighted by Gasteiger charge is 2.31. The lowest BCUT2D eigenvalue weighted by Gasteiger charge is -2.19. The molecule has 0 aromatic heterocycles. The van der Waals surface area contributed by atoms with Crippen LogP contribution in [0.5, 0.6) is 5.75 Å². The van der Waals surface area contributed by atoms with Crippen molar-refractivity contribution in [3.63, 3.8) is 0 Å². The van der Waals surface area contributed by atoms with Gasteiger partial charge in [0.25, 0.3) is 0 Å². The predicted molar refractivity (Wildman–Crippen MR) is 120 cm³/mol. The van der Waals surface area contributed by atoms with Gasteiger partial charge in [0.05, 0.1) is 11.3 Å². The third kappa shape index (κ3) is 9.12. The summed E-state index contributed by atoms with van der Waals surface area (Å²) in [6.07, 6.45) is -9.58. The molecule has 0 saturated heterocycles. The van der Waals surface area contributed by atoms with Crippen LogP contribution in [0.25, 0.3) is 0 Å². The number of urea groups is 1. The van der Waals surface area contributed by atoms with Gasteiger partial charge in [-0.25, -0.2) is 10.2 Å². The van der Waals surface area contributed by atoms with E-state index in [0.29, 0.717) is 13.1 Å². The Labute approximate surface area is 203 Å². The normalized spacial score (nSPS) is 12.2. The van der Waals surface area contributed by atoms with E-state index in [2.05, 4.69) is 20.6 Å². The summed E-state index contributed by atoms with van der Waals surface area (Å²) < 4.78 is 80.0. The van der Waals surface area contributed by atoms with Crippen LogP contribution in [0.2, 0.25) is 0 Å². The molecule has 2 aromatic rings. The molecule has 196 valence electrons. The first-order valence-corrected chi connectivity index (χ1v) is 10.8. The molecule has 13 heteroatoms. The van der Waals surface area contributed by atoms with Gasteiger partial charge in [-0.3, -0.25) is 4.79 Å². The number of amides is 3. The van der Waals surface area contributed by atoms with Crippen LogP contribution in [0.4, 0.5) is 36.8 Å². The topological polar surface area (TPSA) is 83.0 Å². The Bertz CT molecular complexity index is 1060. The van der Waals surface area contributed by atoms with Gasteiger partial charge in [-0.05, 0) is 55.8 Å². The van der Waals surface area contributed by atoms with Gasteiger partial charge >= 0.3 is 18.6 Å². The summed E-state index contributed by atoms with van der Waals surface area (Å²) in [7, 11) is 0. The highest BCUT2D eigenvalue weighted by atomic mass is 19.4. The number of alkyl halides is 6. The zero-order valence-electron chi connectivity index (χ0n) is 19.3. The van der Waals surface area contributed by atoms with Crippen molar-refractivity contribution in [1.29, 1.82) is 0 Å². The molecule has 3 amide bonds. The maximum Gasteiger partial charge on any atom is 0.573 e. The second-order valence-electron chi connectivity index (χ2n) is 7.34. The fourth-order valence-electron chi connectivity index (χ4n) is 3.12. The van der Waals surface area contributed by atoms with Gasteiger partial charge in [-0.2, -0.15) is 18.3 Å². The summed E-state index contributed by atoms with van der Waals surface area (Å²) in [6, 6.07) is 7.67. The molecule has 0 atom stereocenters. The van der Waals surface area contributed by atoms with Crippen molar-refractivity contribution in [2.45, 2.75) is 39.2 Å². The number of carbonyl (C=O) groups is 2. The Kier molecular flexibility index (Phi) is 9.70. The van der Waals surface area contributed by atoms with Crippen molar-refractivity contribution in [2.24, 2.45) is 5.10 Å². The van der Waals surface area contributed by atoms with E-state index < -0.39 is 29.9 Å². The van der Waals surface area contributed by atoms with Crippen LogP contribution in [-0.2, 0) is 11.0 Å². The molecule has 0 bridgehead atoms. The van der Waals surface area contributed by atoms with Gasteiger partial charge in [0, 0.05) is 31.6 Å². The van der Waals surface area contributed by atoms with Gasteiger partial charge in [-0.15, -0.1) is 13.2 Å². The van der Waals surface area contributed by atoms with Crippen molar-refractivity contribution >= 4 is 23.3 Å². The van der Waals surface area contributed by atoms with Gasteiger partial charge in [0.1, 0.15) is 5.75 Å². The van der Waals surface area contributed by atoms with E-state index in [0.717, 1.165) is 36.4 Å². The van der Waals surface area contributed by atoms with Crippen molar-refractivity contribution in [3.05, 3.63) is 59.7 Å². The van der Waals surface area contributed by atoms with Crippen molar-refractivity contribution in [3.8, 4) is 5.75 Å². The smallest absolute Gasteiger partial charge is 0.406 e. The molecule has 0 saturated carbocycles. The molecule has 2 N–H and O–H groups in total. The highest BCUT2D eigenvalue weighted by Crippen LogP contribution is 2.30. The first-order chi connectivity index (χ1) is 16.8. The Morgan fingerprint density at radius 3 is 2.14 bits per heavy atom. The first-order valence-electron chi connectivity index (χ1n) is 10.8. The number of rotatable bonds is 9. The van der Waals surface area contributed by atoms with E-state index >= 15 is 0 Å². The lowest BCUT2D eigenvalue weighted by atomic mass is 10.0. The van der Waals surface area contributed by atoms with E-state index in [1.807, 2.05) is 0 Å².